The maximum absolute atomic E-state index is 12.4. The molecule has 0 radical (unpaired) electrons. The zero-order chi connectivity index (χ0) is 21.6. The molecule has 7 nitrogen and oxygen atoms in total. The van der Waals surface area contributed by atoms with E-state index in [2.05, 4.69) is 10.3 Å². The zero-order valence-corrected chi connectivity index (χ0v) is 17.5. The molecule has 1 aliphatic rings. The van der Waals surface area contributed by atoms with Crippen LogP contribution in [-0.4, -0.2) is 40.0 Å². The van der Waals surface area contributed by atoms with Crippen molar-refractivity contribution in [2.24, 2.45) is 0 Å². The Hall–Kier alpha value is -3.52. The third-order valence-electron chi connectivity index (χ3n) is 4.88. The molecule has 0 bridgehead atoms. The molecule has 3 heterocycles. The first-order valence-electron chi connectivity index (χ1n) is 9.89. The SMILES string of the molecule is O=C(CCN1C(=O)SC(=CC=Cc2ccco2)C1=O)NCCc1c[nH]c2ccccc12. The summed E-state index contributed by atoms with van der Waals surface area (Å²) in [6, 6.07) is 11.6. The van der Waals surface area contributed by atoms with Crippen molar-refractivity contribution in [2.45, 2.75) is 12.8 Å². The number of fused-ring (bicyclic) bond motifs is 1. The van der Waals surface area contributed by atoms with Crippen LogP contribution in [0.4, 0.5) is 4.79 Å². The van der Waals surface area contributed by atoms with E-state index >= 15 is 0 Å². The van der Waals surface area contributed by atoms with Gasteiger partial charge in [-0.3, -0.25) is 19.3 Å². The van der Waals surface area contributed by atoms with Crippen LogP contribution in [0.25, 0.3) is 17.0 Å². The van der Waals surface area contributed by atoms with E-state index in [4.69, 9.17) is 4.42 Å². The number of amides is 3. The van der Waals surface area contributed by atoms with Gasteiger partial charge in [0.05, 0.1) is 11.2 Å². The lowest BCUT2D eigenvalue weighted by Gasteiger charge is -2.12. The van der Waals surface area contributed by atoms with Gasteiger partial charge in [-0.1, -0.05) is 24.3 Å². The van der Waals surface area contributed by atoms with Gasteiger partial charge in [-0.15, -0.1) is 0 Å². The van der Waals surface area contributed by atoms with Crippen molar-refractivity contribution in [1.82, 2.24) is 15.2 Å². The van der Waals surface area contributed by atoms with Crippen LogP contribution in [0, 0.1) is 0 Å². The number of hydrogen-bond acceptors (Lipinski definition) is 5. The van der Waals surface area contributed by atoms with E-state index in [0.29, 0.717) is 23.6 Å². The van der Waals surface area contributed by atoms with E-state index in [1.807, 2.05) is 30.5 Å². The number of carbonyl (C=O) groups is 3. The number of imide groups is 1. The molecule has 0 aliphatic carbocycles. The third kappa shape index (κ3) is 4.97. The minimum absolute atomic E-state index is 0.0584. The maximum Gasteiger partial charge on any atom is 0.293 e. The summed E-state index contributed by atoms with van der Waals surface area (Å²) < 4.78 is 5.18. The van der Waals surface area contributed by atoms with Crippen LogP contribution in [0.15, 0.2) is 70.3 Å². The highest BCUT2D eigenvalue weighted by atomic mass is 32.2. The minimum atomic E-state index is -0.384. The van der Waals surface area contributed by atoms with Crippen molar-refractivity contribution < 1.29 is 18.8 Å². The second kappa shape index (κ2) is 9.53. The second-order valence-electron chi connectivity index (χ2n) is 6.94. The molecule has 1 fully saturated rings. The number of nitrogens with zero attached hydrogens (tertiary/aromatic N) is 1. The summed E-state index contributed by atoms with van der Waals surface area (Å²) in [5, 5.41) is 3.63. The van der Waals surface area contributed by atoms with E-state index in [9.17, 15) is 14.4 Å². The number of aromatic amines is 1. The van der Waals surface area contributed by atoms with Crippen LogP contribution in [0.5, 0.6) is 0 Å². The molecular formula is C23H21N3O4S. The highest BCUT2D eigenvalue weighted by molar-refractivity contribution is 8.18. The molecule has 3 amide bonds. The average molecular weight is 436 g/mol. The Bertz CT molecular complexity index is 1160. The first-order valence-corrected chi connectivity index (χ1v) is 10.7. The van der Waals surface area contributed by atoms with Gasteiger partial charge in [0.25, 0.3) is 11.1 Å². The average Bonchev–Trinajstić information content (AvgIpc) is 3.48. The quantitative estimate of drug-likeness (QED) is 0.520. The van der Waals surface area contributed by atoms with Gasteiger partial charge in [0.15, 0.2) is 0 Å². The number of furan rings is 1. The van der Waals surface area contributed by atoms with Gasteiger partial charge in [-0.2, -0.15) is 0 Å². The van der Waals surface area contributed by atoms with Gasteiger partial charge in [-0.25, -0.2) is 0 Å². The number of hydrogen-bond donors (Lipinski definition) is 2. The predicted molar refractivity (Wildman–Crippen MR) is 120 cm³/mol. The summed E-state index contributed by atoms with van der Waals surface area (Å²) in [5.41, 5.74) is 2.20. The number of carbonyl (C=O) groups excluding carboxylic acids is 3. The van der Waals surface area contributed by atoms with E-state index < -0.39 is 0 Å². The lowest BCUT2D eigenvalue weighted by atomic mass is 10.1. The van der Waals surface area contributed by atoms with E-state index in [1.54, 1.807) is 36.6 Å². The molecule has 4 rings (SSSR count). The summed E-state index contributed by atoms with van der Waals surface area (Å²) in [4.78, 5) is 41.4. The zero-order valence-electron chi connectivity index (χ0n) is 16.7. The van der Waals surface area contributed by atoms with Crippen molar-refractivity contribution in [3.8, 4) is 0 Å². The first kappa shape index (κ1) is 20.7. The summed E-state index contributed by atoms with van der Waals surface area (Å²) in [6.45, 7) is 0.545. The highest BCUT2D eigenvalue weighted by Gasteiger charge is 2.34. The van der Waals surface area contributed by atoms with Crippen LogP contribution in [-0.2, 0) is 16.0 Å². The molecule has 1 aromatic carbocycles. The molecule has 1 saturated heterocycles. The second-order valence-corrected chi connectivity index (χ2v) is 7.93. The number of benzene rings is 1. The molecule has 31 heavy (non-hydrogen) atoms. The number of rotatable bonds is 8. The summed E-state index contributed by atoms with van der Waals surface area (Å²) in [7, 11) is 0. The molecular weight excluding hydrogens is 414 g/mol. The molecule has 0 unspecified atom stereocenters. The summed E-state index contributed by atoms with van der Waals surface area (Å²) >= 11 is 0.869. The van der Waals surface area contributed by atoms with Crippen molar-refractivity contribution >= 4 is 45.8 Å². The summed E-state index contributed by atoms with van der Waals surface area (Å²) in [6.07, 6.45) is 9.21. The lowest BCUT2D eigenvalue weighted by molar-refractivity contribution is -0.124. The van der Waals surface area contributed by atoms with Gasteiger partial charge in [-0.05, 0) is 54.1 Å². The van der Waals surface area contributed by atoms with Crippen molar-refractivity contribution in [1.29, 1.82) is 0 Å². The van der Waals surface area contributed by atoms with Crippen LogP contribution in [0.2, 0.25) is 0 Å². The van der Waals surface area contributed by atoms with E-state index in [1.165, 1.54) is 0 Å². The first-order chi connectivity index (χ1) is 15.1. The Morgan fingerprint density at radius 2 is 2.06 bits per heavy atom. The Kier molecular flexibility index (Phi) is 6.37. The Morgan fingerprint density at radius 3 is 2.90 bits per heavy atom. The fourth-order valence-corrected chi connectivity index (χ4v) is 4.12. The maximum atomic E-state index is 12.4. The number of thioether (sulfide) groups is 1. The van der Waals surface area contributed by atoms with E-state index in [0.717, 1.165) is 33.1 Å². The smallest absolute Gasteiger partial charge is 0.293 e. The van der Waals surface area contributed by atoms with Crippen LogP contribution < -0.4 is 5.32 Å². The fourth-order valence-electron chi connectivity index (χ4n) is 3.30. The minimum Gasteiger partial charge on any atom is -0.465 e. The lowest BCUT2D eigenvalue weighted by Crippen LogP contribution is -2.34. The van der Waals surface area contributed by atoms with Gasteiger partial charge in [0, 0.05) is 36.6 Å². The van der Waals surface area contributed by atoms with Gasteiger partial charge < -0.3 is 14.7 Å². The van der Waals surface area contributed by atoms with E-state index in [-0.39, 0.29) is 30.0 Å². The molecule has 8 heteroatoms. The molecule has 1 aliphatic heterocycles. The molecule has 3 aromatic rings. The van der Waals surface area contributed by atoms with Gasteiger partial charge >= 0.3 is 0 Å². The van der Waals surface area contributed by atoms with Crippen molar-refractivity contribution in [3.63, 3.8) is 0 Å². The van der Waals surface area contributed by atoms with Crippen LogP contribution in [0.1, 0.15) is 17.7 Å². The monoisotopic (exact) mass is 435 g/mol. The Labute approximate surface area is 183 Å². The van der Waals surface area contributed by atoms with Crippen LogP contribution >= 0.6 is 11.8 Å². The molecule has 0 atom stereocenters. The summed E-state index contributed by atoms with van der Waals surface area (Å²) in [5.74, 6) is 0.0751. The Morgan fingerprint density at radius 1 is 1.19 bits per heavy atom. The largest absolute Gasteiger partial charge is 0.465 e. The molecule has 0 spiro atoms. The normalized spacial score (nSPS) is 15.6. The Balaban J connectivity index is 1.24. The van der Waals surface area contributed by atoms with Crippen molar-refractivity contribution in [2.75, 3.05) is 13.1 Å². The van der Waals surface area contributed by atoms with Crippen molar-refractivity contribution in [3.05, 3.63) is 77.2 Å². The number of para-hydroxylation sites is 1. The predicted octanol–water partition coefficient (Wildman–Crippen LogP) is 4.10. The molecule has 2 aromatic heterocycles. The van der Waals surface area contributed by atoms with Gasteiger partial charge in [0.2, 0.25) is 5.91 Å². The molecule has 2 N–H and O–H groups in total. The number of aromatic nitrogens is 1. The third-order valence-corrected chi connectivity index (χ3v) is 5.80. The number of nitrogens with one attached hydrogen (secondary N) is 2. The van der Waals surface area contributed by atoms with Crippen LogP contribution in [0.3, 0.4) is 0 Å². The number of H-pyrrole nitrogens is 1. The fraction of sp³-hybridized carbons (Fsp3) is 0.174. The standard InChI is InChI=1S/C23H21N3O4S/c27-21(24-12-10-16-15-25-19-8-2-1-7-18(16)19)11-13-26-22(28)20(31-23(26)29)9-3-5-17-6-4-14-30-17/h1-9,14-15,25H,10-13H2,(H,24,27). The topological polar surface area (TPSA) is 95.4 Å². The van der Waals surface area contributed by atoms with Gasteiger partial charge in [0.1, 0.15) is 5.76 Å². The molecule has 0 saturated carbocycles. The number of allylic oxidation sites excluding steroid dienone is 2. The highest BCUT2D eigenvalue weighted by Crippen LogP contribution is 2.30. The molecule has 158 valence electrons.